The second-order valence-electron chi connectivity index (χ2n) is 7.32. The van der Waals surface area contributed by atoms with E-state index in [0.29, 0.717) is 28.3 Å². The normalized spacial score (nSPS) is 25.0. The molecule has 4 rings (SSSR count). The minimum Gasteiger partial charge on any atom is -0.360 e. The molecular formula is C21H24ClN3S. The largest absolute Gasteiger partial charge is 0.360 e. The summed E-state index contributed by atoms with van der Waals surface area (Å²) in [6.45, 7) is 1.06. The molecule has 0 aliphatic carbocycles. The Hall–Kier alpha value is -1.62. The summed E-state index contributed by atoms with van der Waals surface area (Å²) in [5, 5.41) is 8.18. The van der Waals surface area contributed by atoms with Gasteiger partial charge in [0.15, 0.2) is 5.11 Å². The molecule has 2 fully saturated rings. The number of hydrogen-bond acceptors (Lipinski definition) is 2. The maximum absolute atomic E-state index is 6.04. The Kier molecular flexibility index (Phi) is 5.44. The SMILES string of the molecule is S=C(Nc1cccc(Cl)c1)NC1C[C@H]2CC[C@@H](C1)N2Cc1ccccc1. The first-order valence-electron chi connectivity index (χ1n) is 9.30. The Balaban J connectivity index is 1.33. The number of benzene rings is 2. The van der Waals surface area contributed by atoms with Crippen molar-refractivity contribution in [1.82, 2.24) is 10.2 Å². The lowest BCUT2D eigenvalue weighted by Gasteiger charge is -2.39. The van der Waals surface area contributed by atoms with Gasteiger partial charge in [-0.15, -0.1) is 0 Å². The van der Waals surface area contributed by atoms with Gasteiger partial charge in [0, 0.05) is 35.4 Å². The Bertz CT molecular complexity index is 753. The van der Waals surface area contributed by atoms with Gasteiger partial charge in [-0.2, -0.15) is 0 Å². The average Bonchev–Trinajstić information content (AvgIpc) is 2.85. The highest BCUT2D eigenvalue weighted by Gasteiger charge is 2.40. The first-order valence-corrected chi connectivity index (χ1v) is 10.1. The van der Waals surface area contributed by atoms with Crippen LogP contribution in [0.15, 0.2) is 54.6 Å². The summed E-state index contributed by atoms with van der Waals surface area (Å²) >= 11 is 11.6. The van der Waals surface area contributed by atoms with Crippen molar-refractivity contribution < 1.29 is 0 Å². The lowest BCUT2D eigenvalue weighted by atomic mass is 9.96. The lowest BCUT2D eigenvalue weighted by molar-refractivity contribution is 0.115. The summed E-state index contributed by atoms with van der Waals surface area (Å²) in [6.07, 6.45) is 4.90. The van der Waals surface area contributed by atoms with Gasteiger partial charge in [0.05, 0.1) is 0 Å². The molecule has 3 atom stereocenters. The van der Waals surface area contributed by atoms with Gasteiger partial charge in [-0.1, -0.05) is 48.0 Å². The van der Waals surface area contributed by atoms with Crippen molar-refractivity contribution in [3.63, 3.8) is 0 Å². The molecule has 0 saturated carbocycles. The van der Waals surface area contributed by atoms with Crippen LogP contribution in [-0.4, -0.2) is 28.1 Å². The predicted molar refractivity (Wildman–Crippen MR) is 113 cm³/mol. The second kappa shape index (κ2) is 7.95. The van der Waals surface area contributed by atoms with E-state index in [1.54, 1.807) is 0 Å². The topological polar surface area (TPSA) is 27.3 Å². The van der Waals surface area contributed by atoms with E-state index in [0.717, 1.165) is 25.1 Å². The fourth-order valence-corrected chi connectivity index (χ4v) is 4.84. The third-order valence-electron chi connectivity index (χ3n) is 5.51. The zero-order valence-corrected chi connectivity index (χ0v) is 16.3. The molecule has 2 aromatic rings. The summed E-state index contributed by atoms with van der Waals surface area (Å²) in [7, 11) is 0. The number of anilines is 1. The highest BCUT2D eigenvalue weighted by molar-refractivity contribution is 7.80. The summed E-state index contributed by atoms with van der Waals surface area (Å²) in [5.41, 5.74) is 2.34. The molecule has 2 heterocycles. The molecule has 5 heteroatoms. The van der Waals surface area contributed by atoms with Gasteiger partial charge in [0.1, 0.15) is 0 Å². The Morgan fingerprint density at radius 3 is 2.46 bits per heavy atom. The van der Waals surface area contributed by atoms with Crippen molar-refractivity contribution in [3.8, 4) is 0 Å². The summed E-state index contributed by atoms with van der Waals surface area (Å²) < 4.78 is 0. The van der Waals surface area contributed by atoms with Crippen molar-refractivity contribution in [3.05, 3.63) is 65.2 Å². The Labute approximate surface area is 165 Å². The van der Waals surface area contributed by atoms with Crippen LogP contribution in [0.25, 0.3) is 0 Å². The predicted octanol–water partition coefficient (Wildman–Crippen LogP) is 4.82. The van der Waals surface area contributed by atoms with Gasteiger partial charge in [-0.25, -0.2) is 0 Å². The van der Waals surface area contributed by atoms with E-state index in [9.17, 15) is 0 Å². The molecule has 2 aliphatic heterocycles. The molecule has 0 aromatic heterocycles. The standard InChI is InChI=1S/C21H24ClN3S/c22-16-7-4-8-17(11-16)23-21(26)24-18-12-19-9-10-20(13-18)25(19)14-15-5-2-1-3-6-15/h1-8,11,18-20H,9-10,12-14H2,(H2,23,24,26)/t18?,19-,20+. The number of halogens is 1. The highest BCUT2D eigenvalue weighted by Crippen LogP contribution is 2.36. The quantitative estimate of drug-likeness (QED) is 0.737. The Morgan fingerprint density at radius 2 is 1.77 bits per heavy atom. The first kappa shape index (κ1) is 17.8. The van der Waals surface area contributed by atoms with E-state index < -0.39 is 0 Å². The van der Waals surface area contributed by atoms with Crippen LogP contribution in [0.1, 0.15) is 31.2 Å². The van der Waals surface area contributed by atoms with E-state index in [4.69, 9.17) is 23.8 Å². The van der Waals surface area contributed by atoms with Gasteiger partial charge in [0.25, 0.3) is 0 Å². The van der Waals surface area contributed by atoms with Crippen molar-refractivity contribution in [1.29, 1.82) is 0 Å². The number of thiocarbonyl (C=S) groups is 1. The molecule has 1 unspecified atom stereocenters. The van der Waals surface area contributed by atoms with Gasteiger partial charge in [-0.3, -0.25) is 4.90 Å². The maximum Gasteiger partial charge on any atom is 0.170 e. The molecule has 0 radical (unpaired) electrons. The molecule has 136 valence electrons. The summed E-state index contributed by atoms with van der Waals surface area (Å²) in [6, 6.07) is 20.2. The molecule has 3 nitrogen and oxygen atoms in total. The average molecular weight is 386 g/mol. The van der Waals surface area contributed by atoms with E-state index in [-0.39, 0.29) is 0 Å². The maximum atomic E-state index is 6.04. The molecule has 26 heavy (non-hydrogen) atoms. The summed E-state index contributed by atoms with van der Waals surface area (Å²) in [4.78, 5) is 2.70. The smallest absolute Gasteiger partial charge is 0.170 e. The fraction of sp³-hybridized carbons (Fsp3) is 0.381. The number of fused-ring (bicyclic) bond motifs is 2. The van der Waals surface area contributed by atoms with Crippen molar-refractivity contribution >= 4 is 34.6 Å². The number of nitrogens with zero attached hydrogens (tertiary/aromatic N) is 1. The van der Waals surface area contributed by atoms with E-state index in [2.05, 4.69) is 45.9 Å². The molecule has 2 saturated heterocycles. The van der Waals surface area contributed by atoms with Gasteiger partial charge < -0.3 is 10.6 Å². The number of nitrogens with one attached hydrogen (secondary N) is 2. The van der Waals surface area contributed by atoms with Crippen LogP contribution >= 0.6 is 23.8 Å². The number of hydrogen-bond donors (Lipinski definition) is 2. The Morgan fingerprint density at radius 1 is 1.04 bits per heavy atom. The monoisotopic (exact) mass is 385 g/mol. The zero-order valence-electron chi connectivity index (χ0n) is 14.7. The zero-order chi connectivity index (χ0) is 17.9. The third kappa shape index (κ3) is 4.20. The molecule has 2 N–H and O–H groups in total. The molecule has 0 amide bonds. The van der Waals surface area contributed by atoms with Crippen LogP contribution in [0, 0.1) is 0 Å². The minimum atomic E-state index is 0.443. The first-order chi connectivity index (χ1) is 12.7. The summed E-state index contributed by atoms with van der Waals surface area (Å²) in [5.74, 6) is 0. The molecule has 2 aromatic carbocycles. The van der Waals surface area contributed by atoms with Crippen LogP contribution < -0.4 is 10.6 Å². The highest BCUT2D eigenvalue weighted by atomic mass is 35.5. The molecule has 2 bridgehead atoms. The van der Waals surface area contributed by atoms with Gasteiger partial charge in [-0.05, 0) is 61.7 Å². The van der Waals surface area contributed by atoms with Crippen LogP contribution in [0.4, 0.5) is 5.69 Å². The minimum absolute atomic E-state index is 0.443. The second-order valence-corrected chi connectivity index (χ2v) is 8.16. The lowest BCUT2D eigenvalue weighted by Crippen LogP contribution is -2.50. The molecular weight excluding hydrogens is 362 g/mol. The molecule has 2 aliphatic rings. The van der Waals surface area contributed by atoms with Crippen LogP contribution in [0.2, 0.25) is 5.02 Å². The van der Waals surface area contributed by atoms with Crippen molar-refractivity contribution in [2.24, 2.45) is 0 Å². The fourth-order valence-electron chi connectivity index (χ4n) is 4.36. The van der Waals surface area contributed by atoms with E-state index in [1.807, 2.05) is 24.3 Å². The third-order valence-corrected chi connectivity index (χ3v) is 5.97. The number of piperidine rings is 1. The van der Waals surface area contributed by atoms with Crippen molar-refractivity contribution in [2.75, 3.05) is 5.32 Å². The molecule has 0 spiro atoms. The van der Waals surface area contributed by atoms with Crippen LogP contribution in [-0.2, 0) is 6.54 Å². The van der Waals surface area contributed by atoms with E-state index >= 15 is 0 Å². The van der Waals surface area contributed by atoms with E-state index in [1.165, 1.54) is 18.4 Å². The number of rotatable bonds is 4. The van der Waals surface area contributed by atoms with Crippen LogP contribution in [0.3, 0.4) is 0 Å². The van der Waals surface area contributed by atoms with Gasteiger partial charge in [0.2, 0.25) is 0 Å². The van der Waals surface area contributed by atoms with Crippen molar-refractivity contribution in [2.45, 2.75) is 50.4 Å². The van der Waals surface area contributed by atoms with Crippen LogP contribution in [0.5, 0.6) is 0 Å². The van der Waals surface area contributed by atoms with Gasteiger partial charge >= 0.3 is 0 Å².